The number of rotatable bonds is 6. The average molecular weight is 553 g/mol. The number of halogens is 1. The Morgan fingerprint density at radius 3 is 2.70 bits per heavy atom. The molecule has 0 saturated carbocycles. The molecule has 2 rings (SSSR count). The van der Waals surface area contributed by atoms with Crippen LogP contribution in [-0.4, -0.2) is 60.4 Å². The number of aliphatic imine (C=N–C) groups is 1. The summed E-state index contributed by atoms with van der Waals surface area (Å²) in [6.45, 7) is 12.6. The third-order valence-electron chi connectivity index (χ3n) is 4.76. The quantitative estimate of drug-likeness (QED) is 0.284. The van der Waals surface area contributed by atoms with E-state index in [1.165, 1.54) is 0 Å². The Kier molecular flexibility index (Phi) is 10.9. The van der Waals surface area contributed by atoms with E-state index >= 15 is 0 Å². The second-order valence-corrected chi connectivity index (χ2v) is 9.58. The largest absolute Gasteiger partial charge is 0.444 e. The van der Waals surface area contributed by atoms with E-state index in [2.05, 4.69) is 15.6 Å². The standard InChI is InChI=1S/C21H36N4O3S.HI/c1-6-22-18(24-15-21(5,27)17-9-11-29-14-17)23-12-16-8-7-10-25(13-16)19(26)28-20(2,3)4;/h9,11,14,16,27H,6-8,10,12-13,15H2,1-5H3,(H2,22,23,24);1H. The van der Waals surface area contributed by atoms with Crippen molar-refractivity contribution in [2.75, 3.05) is 32.7 Å². The molecule has 172 valence electrons. The lowest BCUT2D eigenvalue weighted by molar-refractivity contribution is 0.0168. The van der Waals surface area contributed by atoms with Crippen LogP contribution in [0.3, 0.4) is 0 Å². The van der Waals surface area contributed by atoms with Crippen LogP contribution in [0.15, 0.2) is 21.8 Å². The van der Waals surface area contributed by atoms with Crippen molar-refractivity contribution in [3.05, 3.63) is 22.4 Å². The number of carbonyl (C=O) groups is 1. The van der Waals surface area contributed by atoms with Gasteiger partial charge in [-0.05, 0) is 75.8 Å². The first kappa shape index (κ1) is 27.0. The number of aliphatic hydroxyl groups is 1. The van der Waals surface area contributed by atoms with E-state index in [0.717, 1.165) is 31.5 Å². The van der Waals surface area contributed by atoms with Crippen LogP contribution in [0, 0.1) is 5.92 Å². The number of likely N-dealkylation sites (tertiary alicyclic amines) is 1. The van der Waals surface area contributed by atoms with Crippen LogP contribution in [0.4, 0.5) is 4.79 Å². The van der Waals surface area contributed by atoms with Crippen molar-refractivity contribution in [2.45, 2.75) is 58.7 Å². The van der Waals surface area contributed by atoms with Crippen molar-refractivity contribution in [2.24, 2.45) is 10.9 Å². The lowest BCUT2D eigenvalue weighted by atomic mass is 9.98. The van der Waals surface area contributed by atoms with Crippen LogP contribution in [0.5, 0.6) is 0 Å². The van der Waals surface area contributed by atoms with E-state index < -0.39 is 11.2 Å². The molecule has 0 radical (unpaired) electrons. The van der Waals surface area contributed by atoms with Gasteiger partial charge in [0.15, 0.2) is 5.96 Å². The van der Waals surface area contributed by atoms with Gasteiger partial charge in [-0.15, -0.1) is 24.0 Å². The molecule has 30 heavy (non-hydrogen) atoms. The maximum atomic E-state index is 12.3. The molecular formula is C21H37IN4O3S. The molecule has 2 atom stereocenters. The number of amides is 1. The summed E-state index contributed by atoms with van der Waals surface area (Å²) in [4.78, 5) is 18.7. The summed E-state index contributed by atoms with van der Waals surface area (Å²) in [6, 6.07) is 1.92. The van der Waals surface area contributed by atoms with E-state index in [1.807, 2.05) is 44.5 Å². The first-order valence-electron chi connectivity index (χ1n) is 10.4. The van der Waals surface area contributed by atoms with Gasteiger partial charge >= 0.3 is 6.09 Å². The normalized spacial score (nSPS) is 19.5. The van der Waals surface area contributed by atoms with E-state index in [-0.39, 0.29) is 36.6 Å². The van der Waals surface area contributed by atoms with Crippen molar-refractivity contribution in [1.29, 1.82) is 0 Å². The summed E-state index contributed by atoms with van der Waals surface area (Å²) in [7, 11) is 0. The second kappa shape index (κ2) is 12.1. The highest BCUT2D eigenvalue weighted by molar-refractivity contribution is 14.0. The highest BCUT2D eigenvalue weighted by Gasteiger charge is 2.28. The van der Waals surface area contributed by atoms with Crippen molar-refractivity contribution < 1.29 is 14.6 Å². The first-order valence-corrected chi connectivity index (χ1v) is 11.3. The first-order chi connectivity index (χ1) is 13.6. The van der Waals surface area contributed by atoms with E-state index in [9.17, 15) is 9.90 Å². The molecule has 7 nitrogen and oxygen atoms in total. The molecule has 2 unspecified atom stereocenters. The predicted molar refractivity (Wildman–Crippen MR) is 134 cm³/mol. The third-order valence-corrected chi connectivity index (χ3v) is 5.44. The van der Waals surface area contributed by atoms with Crippen LogP contribution in [0.25, 0.3) is 0 Å². The molecule has 1 amide bonds. The number of hydrogen-bond acceptors (Lipinski definition) is 5. The Hall–Kier alpha value is -1.07. The summed E-state index contributed by atoms with van der Waals surface area (Å²) in [5.41, 5.74) is -0.602. The Morgan fingerprint density at radius 1 is 1.37 bits per heavy atom. The Morgan fingerprint density at radius 2 is 2.10 bits per heavy atom. The number of guanidine groups is 1. The molecule has 1 aromatic heterocycles. The van der Waals surface area contributed by atoms with Gasteiger partial charge in [-0.1, -0.05) is 0 Å². The van der Waals surface area contributed by atoms with Gasteiger partial charge in [0, 0.05) is 26.2 Å². The maximum Gasteiger partial charge on any atom is 0.410 e. The fourth-order valence-electron chi connectivity index (χ4n) is 3.20. The molecule has 1 fully saturated rings. The molecule has 1 aromatic rings. The van der Waals surface area contributed by atoms with Gasteiger partial charge in [0.05, 0.1) is 6.54 Å². The molecule has 2 heterocycles. The lowest BCUT2D eigenvalue weighted by Gasteiger charge is -2.34. The number of piperidine rings is 1. The Balaban J connectivity index is 0.00000450. The van der Waals surface area contributed by atoms with Crippen LogP contribution in [-0.2, 0) is 10.3 Å². The Labute approximate surface area is 201 Å². The maximum absolute atomic E-state index is 12.3. The fourth-order valence-corrected chi connectivity index (χ4v) is 3.98. The zero-order valence-electron chi connectivity index (χ0n) is 18.7. The molecule has 1 aliphatic rings. The summed E-state index contributed by atoms with van der Waals surface area (Å²) < 4.78 is 5.50. The zero-order valence-corrected chi connectivity index (χ0v) is 21.9. The molecule has 0 spiro atoms. The number of nitrogens with one attached hydrogen (secondary N) is 2. The Bertz CT molecular complexity index is 674. The second-order valence-electron chi connectivity index (χ2n) is 8.80. The third kappa shape index (κ3) is 8.97. The van der Waals surface area contributed by atoms with Crippen molar-refractivity contribution in [1.82, 2.24) is 15.5 Å². The topological polar surface area (TPSA) is 86.2 Å². The average Bonchev–Trinajstić information content (AvgIpc) is 3.19. The molecule has 1 saturated heterocycles. The summed E-state index contributed by atoms with van der Waals surface area (Å²) >= 11 is 1.56. The van der Waals surface area contributed by atoms with E-state index in [0.29, 0.717) is 25.0 Å². The fraction of sp³-hybridized carbons (Fsp3) is 0.714. The minimum absolute atomic E-state index is 0. The van der Waals surface area contributed by atoms with Crippen molar-refractivity contribution in [3.8, 4) is 0 Å². The highest BCUT2D eigenvalue weighted by atomic mass is 127. The SMILES string of the molecule is CCNC(=NCC(C)(O)c1ccsc1)NCC1CCCN(C(=O)OC(C)(C)C)C1.I. The number of hydrogen-bond donors (Lipinski definition) is 3. The van der Waals surface area contributed by atoms with Gasteiger partial charge in [0.25, 0.3) is 0 Å². The van der Waals surface area contributed by atoms with Crippen LogP contribution >= 0.6 is 35.3 Å². The van der Waals surface area contributed by atoms with Crippen molar-refractivity contribution >= 4 is 47.4 Å². The predicted octanol–water partition coefficient (Wildman–Crippen LogP) is 3.78. The molecule has 3 N–H and O–H groups in total. The smallest absolute Gasteiger partial charge is 0.410 e. The van der Waals surface area contributed by atoms with E-state index in [4.69, 9.17) is 4.74 Å². The van der Waals surface area contributed by atoms with Crippen LogP contribution < -0.4 is 10.6 Å². The van der Waals surface area contributed by atoms with Gasteiger partial charge in [0.1, 0.15) is 11.2 Å². The minimum atomic E-state index is -0.999. The van der Waals surface area contributed by atoms with Gasteiger partial charge in [0.2, 0.25) is 0 Å². The molecular weight excluding hydrogens is 515 g/mol. The molecule has 0 aromatic carbocycles. The monoisotopic (exact) mass is 552 g/mol. The molecule has 0 aliphatic carbocycles. The lowest BCUT2D eigenvalue weighted by Crippen LogP contribution is -2.47. The number of nitrogens with zero attached hydrogens (tertiary/aromatic N) is 2. The summed E-state index contributed by atoms with van der Waals surface area (Å²) in [5, 5.41) is 21.2. The van der Waals surface area contributed by atoms with Gasteiger partial charge in [-0.3, -0.25) is 0 Å². The van der Waals surface area contributed by atoms with Gasteiger partial charge in [-0.2, -0.15) is 11.3 Å². The molecule has 9 heteroatoms. The molecule has 0 bridgehead atoms. The summed E-state index contributed by atoms with van der Waals surface area (Å²) in [6.07, 6.45) is 1.78. The van der Waals surface area contributed by atoms with Gasteiger partial charge in [-0.25, -0.2) is 9.79 Å². The van der Waals surface area contributed by atoms with Gasteiger partial charge < -0.3 is 25.4 Å². The highest BCUT2D eigenvalue weighted by Crippen LogP contribution is 2.23. The minimum Gasteiger partial charge on any atom is -0.444 e. The van der Waals surface area contributed by atoms with Crippen molar-refractivity contribution in [3.63, 3.8) is 0 Å². The van der Waals surface area contributed by atoms with E-state index in [1.54, 1.807) is 23.2 Å². The number of carbonyl (C=O) groups excluding carboxylic acids is 1. The van der Waals surface area contributed by atoms with Crippen LogP contribution in [0.2, 0.25) is 0 Å². The summed E-state index contributed by atoms with van der Waals surface area (Å²) in [5.74, 6) is 1.01. The van der Waals surface area contributed by atoms with Crippen LogP contribution in [0.1, 0.15) is 53.0 Å². The number of thiophene rings is 1. The molecule has 1 aliphatic heterocycles. The number of ether oxygens (including phenoxy) is 1. The zero-order chi connectivity index (χ0) is 21.5.